The highest BCUT2D eigenvalue weighted by atomic mass is 16.5. The number of para-hydroxylation sites is 1. The Bertz CT molecular complexity index is 903. The number of rotatable bonds is 5. The van der Waals surface area contributed by atoms with Gasteiger partial charge in [0.2, 0.25) is 0 Å². The van der Waals surface area contributed by atoms with Gasteiger partial charge < -0.3 is 24.6 Å². The number of methoxy groups -OCH3 is 2. The lowest BCUT2D eigenvalue weighted by molar-refractivity contribution is -0.113. The summed E-state index contributed by atoms with van der Waals surface area (Å²) in [6.07, 6.45) is 1.68. The average Bonchev–Trinajstić information content (AvgIpc) is 2.66. The van der Waals surface area contributed by atoms with Crippen molar-refractivity contribution in [1.29, 1.82) is 0 Å². The van der Waals surface area contributed by atoms with Crippen LogP contribution in [0, 0.1) is 0 Å². The van der Waals surface area contributed by atoms with E-state index in [-0.39, 0.29) is 17.9 Å². The standard InChI is InChI=1S/C19H17NO6/c1-24-16-8-11-7-12(10-26-15(11)9-17(16)25-2)18(21)20-14-6-4-3-5-13(14)19(22)23/h3-9H,10H2,1-2H3,(H,20,21)(H,22,23). The highest BCUT2D eigenvalue weighted by Crippen LogP contribution is 2.37. The molecule has 0 saturated carbocycles. The molecule has 0 atom stereocenters. The maximum absolute atomic E-state index is 12.5. The van der Waals surface area contributed by atoms with E-state index in [1.807, 2.05) is 0 Å². The molecule has 1 amide bonds. The fourth-order valence-corrected chi connectivity index (χ4v) is 2.61. The summed E-state index contributed by atoms with van der Waals surface area (Å²) in [6.45, 7) is 0.0591. The van der Waals surface area contributed by atoms with Crippen LogP contribution in [0.2, 0.25) is 0 Å². The Morgan fingerprint density at radius 1 is 1.12 bits per heavy atom. The number of nitrogens with one attached hydrogen (secondary N) is 1. The lowest BCUT2D eigenvalue weighted by atomic mass is 10.1. The smallest absolute Gasteiger partial charge is 0.337 e. The predicted octanol–water partition coefficient (Wildman–Crippen LogP) is 2.82. The number of aromatic carboxylic acids is 1. The van der Waals surface area contributed by atoms with E-state index in [2.05, 4.69) is 5.32 Å². The summed E-state index contributed by atoms with van der Waals surface area (Å²) in [6, 6.07) is 9.62. The van der Waals surface area contributed by atoms with Gasteiger partial charge in [-0.3, -0.25) is 4.79 Å². The minimum absolute atomic E-state index is 0.0185. The van der Waals surface area contributed by atoms with Crippen LogP contribution in [0.5, 0.6) is 17.2 Å². The van der Waals surface area contributed by atoms with E-state index in [9.17, 15) is 14.7 Å². The van der Waals surface area contributed by atoms with Gasteiger partial charge in [0.15, 0.2) is 11.5 Å². The topological polar surface area (TPSA) is 94.1 Å². The first-order valence-electron chi connectivity index (χ1n) is 7.76. The molecule has 0 saturated heterocycles. The molecule has 1 aliphatic rings. The van der Waals surface area contributed by atoms with Crippen LogP contribution >= 0.6 is 0 Å². The third-order valence-corrected chi connectivity index (χ3v) is 3.93. The largest absolute Gasteiger partial charge is 0.493 e. The molecule has 1 heterocycles. The SMILES string of the molecule is COc1cc2c(cc1OC)OCC(C(=O)Nc1ccccc1C(=O)O)=C2. The summed E-state index contributed by atoms with van der Waals surface area (Å²) < 4.78 is 16.1. The molecule has 7 heteroatoms. The lowest BCUT2D eigenvalue weighted by Gasteiger charge is -2.20. The van der Waals surface area contributed by atoms with Crippen LogP contribution in [0.4, 0.5) is 5.69 Å². The van der Waals surface area contributed by atoms with E-state index < -0.39 is 11.9 Å². The third kappa shape index (κ3) is 3.32. The fourth-order valence-electron chi connectivity index (χ4n) is 2.61. The molecule has 2 N–H and O–H groups in total. The molecule has 0 bridgehead atoms. The molecule has 0 radical (unpaired) electrons. The molecule has 7 nitrogen and oxygen atoms in total. The summed E-state index contributed by atoms with van der Waals surface area (Å²) in [4.78, 5) is 23.8. The monoisotopic (exact) mass is 355 g/mol. The Morgan fingerprint density at radius 2 is 1.81 bits per heavy atom. The van der Waals surface area contributed by atoms with Crippen molar-refractivity contribution in [1.82, 2.24) is 0 Å². The molecule has 0 spiro atoms. The number of fused-ring (bicyclic) bond motifs is 1. The molecule has 1 aliphatic heterocycles. The van der Waals surface area contributed by atoms with Crippen molar-refractivity contribution in [2.45, 2.75) is 0 Å². The number of anilines is 1. The second-order valence-corrected chi connectivity index (χ2v) is 5.51. The first kappa shape index (κ1) is 17.3. The molecular formula is C19H17NO6. The molecular weight excluding hydrogens is 338 g/mol. The lowest BCUT2D eigenvalue weighted by Crippen LogP contribution is -2.22. The number of hydrogen-bond acceptors (Lipinski definition) is 5. The number of carbonyl (C=O) groups excluding carboxylic acids is 1. The summed E-state index contributed by atoms with van der Waals surface area (Å²) >= 11 is 0. The molecule has 0 fully saturated rings. The van der Waals surface area contributed by atoms with Gasteiger partial charge in [-0.25, -0.2) is 4.79 Å². The average molecular weight is 355 g/mol. The first-order valence-corrected chi connectivity index (χ1v) is 7.76. The van der Waals surface area contributed by atoms with Crippen molar-refractivity contribution in [3.63, 3.8) is 0 Å². The normalized spacial score (nSPS) is 12.3. The zero-order valence-corrected chi connectivity index (χ0v) is 14.2. The Labute approximate surface area is 149 Å². The Morgan fingerprint density at radius 3 is 2.50 bits per heavy atom. The van der Waals surface area contributed by atoms with Gasteiger partial charge in [-0.2, -0.15) is 0 Å². The van der Waals surface area contributed by atoms with Crippen molar-refractivity contribution < 1.29 is 28.9 Å². The van der Waals surface area contributed by atoms with Gasteiger partial charge in [-0.05, 0) is 24.3 Å². The molecule has 26 heavy (non-hydrogen) atoms. The molecule has 0 aliphatic carbocycles. The number of hydrogen-bond donors (Lipinski definition) is 2. The maximum Gasteiger partial charge on any atom is 0.337 e. The van der Waals surface area contributed by atoms with Crippen LogP contribution < -0.4 is 19.5 Å². The van der Waals surface area contributed by atoms with Gasteiger partial charge >= 0.3 is 5.97 Å². The maximum atomic E-state index is 12.5. The molecule has 3 rings (SSSR count). The minimum Gasteiger partial charge on any atom is -0.493 e. The van der Waals surface area contributed by atoms with Crippen LogP contribution in [0.25, 0.3) is 6.08 Å². The third-order valence-electron chi connectivity index (χ3n) is 3.93. The number of carboxylic acid groups (broad SMARTS) is 1. The van der Waals surface area contributed by atoms with E-state index in [4.69, 9.17) is 14.2 Å². The van der Waals surface area contributed by atoms with Crippen LogP contribution in [0.1, 0.15) is 15.9 Å². The second kappa shape index (κ2) is 7.18. The highest BCUT2D eigenvalue weighted by Gasteiger charge is 2.21. The van der Waals surface area contributed by atoms with Crippen molar-refractivity contribution in [3.8, 4) is 17.2 Å². The summed E-state index contributed by atoms with van der Waals surface area (Å²) in [5.74, 6) is 0.0770. The van der Waals surface area contributed by atoms with E-state index in [0.717, 1.165) is 0 Å². The summed E-state index contributed by atoms with van der Waals surface area (Å²) in [5, 5.41) is 11.8. The van der Waals surface area contributed by atoms with E-state index in [0.29, 0.717) is 28.4 Å². The van der Waals surface area contributed by atoms with Gasteiger partial charge in [-0.15, -0.1) is 0 Å². The summed E-state index contributed by atoms with van der Waals surface area (Å²) in [7, 11) is 3.05. The van der Waals surface area contributed by atoms with Gasteiger partial charge in [0.05, 0.1) is 31.0 Å². The van der Waals surface area contributed by atoms with Crippen LogP contribution in [-0.4, -0.2) is 37.8 Å². The molecule has 134 valence electrons. The zero-order valence-electron chi connectivity index (χ0n) is 14.2. The van der Waals surface area contributed by atoms with Crippen LogP contribution in [-0.2, 0) is 4.79 Å². The minimum atomic E-state index is -1.11. The summed E-state index contributed by atoms with van der Waals surface area (Å²) in [5.41, 5.74) is 1.28. The van der Waals surface area contributed by atoms with Crippen molar-refractivity contribution in [3.05, 3.63) is 53.1 Å². The zero-order chi connectivity index (χ0) is 18.7. The van der Waals surface area contributed by atoms with E-state index in [1.54, 1.807) is 30.3 Å². The van der Waals surface area contributed by atoms with Gasteiger partial charge in [0.1, 0.15) is 12.4 Å². The van der Waals surface area contributed by atoms with Crippen molar-refractivity contribution >= 4 is 23.6 Å². The highest BCUT2D eigenvalue weighted by molar-refractivity contribution is 6.10. The van der Waals surface area contributed by atoms with Gasteiger partial charge in [0, 0.05) is 11.6 Å². The second-order valence-electron chi connectivity index (χ2n) is 5.51. The number of benzene rings is 2. The van der Waals surface area contributed by atoms with Crippen LogP contribution in [0.15, 0.2) is 42.0 Å². The number of carbonyl (C=O) groups is 2. The van der Waals surface area contributed by atoms with Crippen molar-refractivity contribution in [2.24, 2.45) is 0 Å². The van der Waals surface area contributed by atoms with E-state index >= 15 is 0 Å². The number of ether oxygens (including phenoxy) is 3. The molecule has 0 unspecified atom stereocenters. The molecule has 0 aromatic heterocycles. The van der Waals surface area contributed by atoms with Gasteiger partial charge in [0.25, 0.3) is 5.91 Å². The Kier molecular flexibility index (Phi) is 4.79. The molecule has 2 aromatic carbocycles. The van der Waals surface area contributed by atoms with Gasteiger partial charge in [-0.1, -0.05) is 12.1 Å². The number of carboxylic acids is 1. The quantitative estimate of drug-likeness (QED) is 0.856. The van der Waals surface area contributed by atoms with Crippen molar-refractivity contribution in [2.75, 3.05) is 26.1 Å². The molecule has 2 aromatic rings. The van der Waals surface area contributed by atoms with E-state index in [1.165, 1.54) is 26.4 Å². The Balaban J connectivity index is 1.88. The predicted molar refractivity (Wildman–Crippen MR) is 95.0 cm³/mol. The number of amides is 1. The fraction of sp³-hybridized carbons (Fsp3) is 0.158. The van der Waals surface area contributed by atoms with Crippen LogP contribution in [0.3, 0.4) is 0 Å². The first-order chi connectivity index (χ1) is 12.5. The Hall–Kier alpha value is -3.48.